The molecule has 0 heterocycles. The number of urea groups is 1. The monoisotopic (exact) mass is 486 g/mol. The SMILES string of the molecule is CCOc1cc([C@@H](C)N(C)C(=O)NC2(C(=O)O)CC(OCC)C2)c(Cl)c(OCC)c1C(C)O. The van der Waals surface area contributed by atoms with Crippen LogP contribution in [0.1, 0.15) is 70.7 Å². The molecule has 0 bridgehead atoms. The van der Waals surface area contributed by atoms with Gasteiger partial charge in [-0.15, -0.1) is 0 Å². The first-order chi connectivity index (χ1) is 15.5. The minimum absolute atomic E-state index is 0.195. The van der Waals surface area contributed by atoms with E-state index >= 15 is 0 Å². The van der Waals surface area contributed by atoms with Gasteiger partial charge < -0.3 is 34.6 Å². The van der Waals surface area contributed by atoms with Gasteiger partial charge in [0, 0.05) is 32.1 Å². The lowest BCUT2D eigenvalue weighted by Crippen LogP contribution is -2.66. The molecular weight excluding hydrogens is 452 g/mol. The van der Waals surface area contributed by atoms with E-state index in [0.29, 0.717) is 42.4 Å². The summed E-state index contributed by atoms with van der Waals surface area (Å²) in [7, 11) is 1.56. The highest BCUT2D eigenvalue weighted by atomic mass is 35.5. The molecule has 1 aromatic carbocycles. The molecule has 0 saturated heterocycles. The Morgan fingerprint density at radius 3 is 2.30 bits per heavy atom. The molecule has 0 radical (unpaired) electrons. The third-order valence-electron chi connectivity index (χ3n) is 5.92. The van der Waals surface area contributed by atoms with E-state index in [2.05, 4.69) is 5.32 Å². The Kier molecular flexibility index (Phi) is 9.22. The van der Waals surface area contributed by atoms with Crippen LogP contribution in [0.15, 0.2) is 6.07 Å². The number of nitrogens with one attached hydrogen (secondary N) is 1. The van der Waals surface area contributed by atoms with E-state index in [-0.39, 0.29) is 24.0 Å². The fourth-order valence-corrected chi connectivity index (χ4v) is 4.35. The van der Waals surface area contributed by atoms with Crippen LogP contribution in [-0.4, -0.2) is 65.6 Å². The number of hydrogen-bond donors (Lipinski definition) is 3. The van der Waals surface area contributed by atoms with Crippen molar-refractivity contribution in [2.24, 2.45) is 0 Å². The molecule has 1 aliphatic rings. The fourth-order valence-electron chi connectivity index (χ4n) is 3.98. The fraction of sp³-hybridized carbons (Fsp3) is 0.652. The molecule has 186 valence electrons. The number of ether oxygens (including phenoxy) is 3. The Morgan fingerprint density at radius 1 is 1.21 bits per heavy atom. The zero-order chi connectivity index (χ0) is 24.9. The van der Waals surface area contributed by atoms with Gasteiger partial charge in [0.15, 0.2) is 0 Å². The molecule has 1 fully saturated rings. The standard InChI is InChI=1S/C23H35ClN2O7/c1-7-31-15-11-23(12-15,21(28)29)25-22(30)26(6)13(4)16-10-17(32-8-2)18(14(5)27)20(19(16)24)33-9-3/h10,13-15,27H,7-9,11-12H2,1-6H3,(H,25,30)(H,28,29)/t13-,14?,15?,23?/m1/s1. The maximum absolute atomic E-state index is 13.0. The van der Waals surface area contributed by atoms with Crippen LogP contribution in [0.5, 0.6) is 11.5 Å². The van der Waals surface area contributed by atoms with Gasteiger partial charge in [0.1, 0.15) is 17.0 Å². The molecule has 0 aliphatic heterocycles. The van der Waals surface area contributed by atoms with Crippen LogP contribution in [0, 0.1) is 0 Å². The Hall–Kier alpha value is -2.23. The van der Waals surface area contributed by atoms with Gasteiger partial charge >= 0.3 is 12.0 Å². The lowest BCUT2D eigenvalue weighted by molar-refractivity contribution is -0.156. The smallest absolute Gasteiger partial charge is 0.329 e. The third-order valence-corrected chi connectivity index (χ3v) is 6.31. The zero-order valence-electron chi connectivity index (χ0n) is 20.1. The first-order valence-electron chi connectivity index (χ1n) is 11.2. The van der Waals surface area contributed by atoms with Crippen LogP contribution in [0.2, 0.25) is 5.02 Å². The summed E-state index contributed by atoms with van der Waals surface area (Å²) >= 11 is 6.67. The quantitative estimate of drug-likeness (QED) is 0.434. The largest absolute Gasteiger partial charge is 0.493 e. The molecule has 3 N–H and O–H groups in total. The van der Waals surface area contributed by atoms with Crippen LogP contribution < -0.4 is 14.8 Å². The van der Waals surface area contributed by atoms with E-state index in [4.69, 9.17) is 25.8 Å². The van der Waals surface area contributed by atoms with Gasteiger partial charge in [-0.1, -0.05) is 11.6 Å². The summed E-state index contributed by atoms with van der Waals surface area (Å²) in [5.74, 6) is -0.377. The van der Waals surface area contributed by atoms with Crippen molar-refractivity contribution in [3.05, 3.63) is 22.2 Å². The Bertz CT molecular complexity index is 856. The molecule has 9 nitrogen and oxygen atoms in total. The van der Waals surface area contributed by atoms with Crippen molar-refractivity contribution in [2.75, 3.05) is 26.9 Å². The summed E-state index contributed by atoms with van der Waals surface area (Å²) in [5, 5.41) is 22.9. The lowest BCUT2D eigenvalue weighted by Gasteiger charge is -2.45. The van der Waals surface area contributed by atoms with E-state index in [1.165, 1.54) is 4.90 Å². The normalized spacial score (nSPS) is 21.5. The van der Waals surface area contributed by atoms with E-state index in [9.17, 15) is 19.8 Å². The predicted octanol–water partition coefficient (Wildman–Crippen LogP) is 3.92. The summed E-state index contributed by atoms with van der Waals surface area (Å²) in [6.07, 6.45) is -0.670. The van der Waals surface area contributed by atoms with E-state index in [0.717, 1.165) is 0 Å². The third kappa shape index (κ3) is 5.65. The minimum atomic E-state index is -1.36. The van der Waals surface area contributed by atoms with Crippen LogP contribution in [-0.2, 0) is 9.53 Å². The summed E-state index contributed by atoms with van der Waals surface area (Å²) in [6.45, 7) is 10.00. The Morgan fingerprint density at radius 2 is 1.82 bits per heavy atom. The summed E-state index contributed by atoms with van der Waals surface area (Å²) in [6, 6.07) is 0.589. The lowest BCUT2D eigenvalue weighted by atomic mass is 9.74. The summed E-state index contributed by atoms with van der Waals surface area (Å²) in [5.41, 5.74) is -0.374. The van der Waals surface area contributed by atoms with Crippen molar-refractivity contribution < 1.29 is 34.0 Å². The summed E-state index contributed by atoms with van der Waals surface area (Å²) < 4.78 is 16.9. The highest BCUT2D eigenvalue weighted by molar-refractivity contribution is 6.33. The maximum Gasteiger partial charge on any atom is 0.329 e. The average molecular weight is 487 g/mol. The molecule has 33 heavy (non-hydrogen) atoms. The molecule has 2 amide bonds. The number of benzene rings is 1. The number of aliphatic carboxylic acids is 1. The van der Waals surface area contributed by atoms with Crippen molar-refractivity contribution in [2.45, 2.75) is 71.2 Å². The Balaban J connectivity index is 2.34. The first-order valence-corrected chi connectivity index (χ1v) is 11.6. The van der Waals surface area contributed by atoms with Crippen LogP contribution in [0.3, 0.4) is 0 Å². The molecule has 1 saturated carbocycles. The summed E-state index contributed by atoms with van der Waals surface area (Å²) in [4.78, 5) is 26.3. The molecule has 1 aromatic rings. The van der Waals surface area contributed by atoms with E-state index in [1.807, 2.05) is 13.8 Å². The number of carboxylic acids is 1. The number of rotatable bonds is 11. The molecule has 0 spiro atoms. The molecule has 2 rings (SSSR count). The van der Waals surface area contributed by atoms with Crippen molar-refractivity contribution in [3.63, 3.8) is 0 Å². The zero-order valence-corrected chi connectivity index (χ0v) is 20.9. The number of carboxylic acid groups (broad SMARTS) is 1. The van der Waals surface area contributed by atoms with Crippen LogP contribution >= 0.6 is 11.6 Å². The number of nitrogens with zero attached hydrogens (tertiary/aromatic N) is 1. The molecule has 1 aliphatic carbocycles. The van der Waals surface area contributed by atoms with Gasteiger partial charge in [-0.2, -0.15) is 0 Å². The minimum Gasteiger partial charge on any atom is -0.493 e. The van der Waals surface area contributed by atoms with Crippen molar-refractivity contribution in [1.82, 2.24) is 10.2 Å². The average Bonchev–Trinajstić information content (AvgIpc) is 2.72. The number of carbonyl (C=O) groups excluding carboxylic acids is 1. The topological polar surface area (TPSA) is 118 Å². The second-order valence-corrected chi connectivity index (χ2v) is 8.53. The Labute approximate surface area is 199 Å². The first kappa shape index (κ1) is 27.0. The predicted molar refractivity (Wildman–Crippen MR) is 124 cm³/mol. The number of aliphatic hydroxyl groups is 1. The maximum atomic E-state index is 13.0. The molecule has 0 aromatic heterocycles. The van der Waals surface area contributed by atoms with Crippen molar-refractivity contribution in [3.8, 4) is 11.5 Å². The molecule has 10 heteroatoms. The number of hydrogen-bond acceptors (Lipinski definition) is 6. The molecular formula is C23H35ClN2O7. The number of halogens is 1. The molecule has 1 unspecified atom stereocenters. The van der Waals surface area contributed by atoms with Crippen LogP contribution in [0.4, 0.5) is 4.79 Å². The van der Waals surface area contributed by atoms with E-state index in [1.54, 1.807) is 33.9 Å². The number of aliphatic hydroxyl groups excluding tert-OH is 1. The second kappa shape index (κ2) is 11.3. The highest BCUT2D eigenvalue weighted by Gasteiger charge is 2.52. The van der Waals surface area contributed by atoms with Gasteiger partial charge in [-0.25, -0.2) is 9.59 Å². The second-order valence-electron chi connectivity index (χ2n) is 8.15. The number of amides is 2. The van der Waals surface area contributed by atoms with Gasteiger partial charge in [-0.05, 0) is 40.7 Å². The van der Waals surface area contributed by atoms with Gasteiger partial charge in [-0.3, -0.25) is 0 Å². The highest BCUT2D eigenvalue weighted by Crippen LogP contribution is 2.45. The van der Waals surface area contributed by atoms with Gasteiger partial charge in [0.05, 0.1) is 42.0 Å². The van der Waals surface area contributed by atoms with Crippen molar-refractivity contribution in [1.29, 1.82) is 0 Å². The number of carbonyl (C=O) groups is 2. The van der Waals surface area contributed by atoms with Crippen molar-refractivity contribution >= 4 is 23.6 Å². The van der Waals surface area contributed by atoms with E-state index < -0.39 is 29.7 Å². The molecule has 2 atom stereocenters. The van der Waals surface area contributed by atoms with Gasteiger partial charge in [0.2, 0.25) is 0 Å². The van der Waals surface area contributed by atoms with Gasteiger partial charge in [0.25, 0.3) is 0 Å². The van der Waals surface area contributed by atoms with Crippen LogP contribution in [0.25, 0.3) is 0 Å².